The molecule has 2 rings (SSSR count). The van der Waals surface area contributed by atoms with Gasteiger partial charge in [-0.2, -0.15) is 0 Å². The van der Waals surface area contributed by atoms with Crippen molar-refractivity contribution in [3.63, 3.8) is 0 Å². The van der Waals surface area contributed by atoms with E-state index in [9.17, 15) is 4.79 Å². The second-order valence-electron chi connectivity index (χ2n) is 3.49. The third-order valence-electron chi connectivity index (χ3n) is 2.36. The molecule has 0 amide bonds. The minimum Gasteiger partial charge on any atom is -0.299 e. The Kier molecular flexibility index (Phi) is 5.72. The number of nitrogens with zero attached hydrogens (tertiary/aromatic N) is 1. The zero-order valence-electron chi connectivity index (χ0n) is 10.5. The Balaban J connectivity index is 0.000000686. The van der Waals surface area contributed by atoms with Gasteiger partial charge in [0, 0.05) is 11.6 Å². The van der Waals surface area contributed by atoms with Crippen LogP contribution in [-0.2, 0) is 6.54 Å². The van der Waals surface area contributed by atoms with Crippen LogP contribution in [0.15, 0.2) is 23.0 Å². The third kappa shape index (κ3) is 3.33. The van der Waals surface area contributed by atoms with Gasteiger partial charge in [0.1, 0.15) is 0 Å². The number of rotatable bonds is 3. The first kappa shape index (κ1) is 14.3. The SMILES string of the molecule is CC.CCCCn1c(=O)sc2ccc(Cl)cc21. The summed E-state index contributed by atoms with van der Waals surface area (Å²) in [6.07, 6.45) is 2.11. The fourth-order valence-corrected chi connectivity index (χ4v) is 2.63. The molecule has 4 heteroatoms. The maximum absolute atomic E-state index is 11.7. The van der Waals surface area contributed by atoms with E-state index in [1.54, 1.807) is 0 Å². The molecule has 0 radical (unpaired) electrons. The molecule has 0 aliphatic heterocycles. The predicted octanol–water partition coefficient (Wildman–Crippen LogP) is 4.54. The minimum absolute atomic E-state index is 0.112. The van der Waals surface area contributed by atoms with E-state index >= 15 is 0 Å². The van der Waals surface area contributed by atoms with Gasteiger partial charge < -0.3 is 0 Å². The highest BCUT2D eigenvalue weighted by atomic mass is 35.5. The molecule has 2 aromatic rings. The van der Waals surface area contributed by atoms with Crippen molar-refractivity contribution < 1.29 is 0 Å². The van der Waals surface area contributed by atoms with E-state index in [-0.39, 0.29) is 4.87 Å². The van der Waals surface area contributed by atoms with Gasteiger partial charge in [-0.3, -0.25) is 9.36 Å². The molecule has 0 atom stereocenters. The van der Waals surface area contributed by atoms with Crippen LogP contribution in [0.4, 0.5) is 0 Å². The lowest BCUT2D eigenvalue weighted by molar-refractivity contribution is 0.640. The van der Waals surface area contributed by atoms with E-state index in [0.717, 1.165) is 29.6 Å². The number of thiazole rings is 1. The molecule has 0 unspecified atom stereocenters. The molecular formula is C13H18ClNOS. The van der Waals surface area contributed by atoms with E-state index in [1.807, 2.05) is 36.6 Å². The molecule has 0 aliphatic rings. The van der Waals surface area contributed by atoms with E-state index in [1.165, 1.54) is 11.3 Å². The lowest BCUT2D eigenvalue weighted by Gasteiger charge is -2.01. The lowest BCUT2D eigenvalue weighted by Crippen LogP contribution is -2.12. The Hall–Kier alpha value is -0.800. The van der Waals surface area contributed by atoms with Gasteiger partial charge in [0.05, 0.1) is 10.2 Å². The molecule has 0 spiro atoms. The summed E-state index contributed by atoms with van der Waals surface area (Å²) >= 11 is 7.21. The van der Waals surface area contributed by atoms with Gasteiger partial charge >= 0.3 is 4.87 Å². The summed E-state index contributed by atoms with van der Waals surface area (Å²) in [7, 11) is 0. The first-order valence-corrected chi connectivity index (χ1v) is 7.20. The van der Waals surface area contributed by atoms with Crippen molar-refractivity contribution in [1.29, 1.82) is 0 Å². The summed E-state index contributed by atoms with van der Waals surface area (Å²) in [5.41, 5.74) is 0.964. The van der Waals surface area contributed by atoms with Crippen molar-refractivity contribution in [2.45, 2.75) is 40.2 Å². The summed E-state index contributed by atoms with van der Waals surface area (Å²) in [6.45, 7) is 6.91. The summed E-state index contributed by atoms with van der Waals surface area (Å²) in [5.74, 6) is 0. The zero-order valence-corrected chi connectivity index (χ0v) is 12.1. The van der Waals surface area contributed by atoms with Crippen LogP contribution in [0.25, 0.3) is 10.2 Å². The van der Waals surface area contributed by atoms with Crippen molar-refractivity contribution in [1.82, 2.24) is 4.57 Å². The molecule has 0 saturated heterocycles. The minimum atomic E-state index is 0.112. The highest BCUT2D eigenvalue weighted by molar-refractivity contribution is 7.16. The van der Waals surface area contributed by atoms with Crippen molar-refractivity contribution in [3.8, 4) is 0 Å². The molecule has 1 aromatic heterocycles. The van der Waals surface area contributed by atoms with E-state index in [2.05, 4.69) is 6.92 Å². The Labute approximate surface area is 111 Å². The summed E-state index contributed by atoms with van der Waals surface area (Å²) < 4.78 is 2.83. The van der Waals surface area contributed by atoms with Gasteiger partial charge in [0.25, 0.3) is 0 Å². The average Bonchev–Trinajstić information content (AvgIpc) is 2.65. The van der Waals surface area contributed by atoms with Crippen LogP contribution < -0.4 is 4.87 Å². The van der Waals surface area contributed by atoms with Crippen LogP contribution in [-0.4, -0.2) is 4.57 Å². The Morgan fingerprint density at radius 3 is 2.71 bits per heavy atom. The number of fused-ring (bicyclic) bond motifs is 1. The first-order chi connectivity index (χ1) is 8.22. The van der Waals surface area contributed by atoms with Crippen molar-refractivity contribution in [2.24, 2.45) is 0 Å². The molecule has 0 bridgehead atoms. The maximum Gasteiger partial charge on any atom is 0.308 e. The fraction of sp³-hybridized carbons (Fsp3) is 0.462. The second kappa shape index (κ2) is 6.82. The second-order valence-corrected chi connectivity index (χ2v) is 4.91. The molecule has 1 heterocycles. The first-order valence-electron chi connectivity index (χ1n) is 6.01. The molecule has 0 aliphatic carbocycles. The number of aryl methyl sites for hydroxylation is 1. The quantitative estimate of drug-likeness (QED) is 0.803. The highest BCUT2D eigenvalue weighted by Crippen LogP contribution is 2.21. The largest absolute Gasteiger partial charge is 0.308 e. The summed E-state index contributed by atoms with van der Waals surface area (Å²) in [6, 6.07) is 5.60. The standard InChI is InChI=1S/C11H12ClNOS.C2H6/c1-2-3-6-13-9-7-8(12)4-5-10(9)15-11(13)14;1-2/h4-5,7H,2-3,6H2,1H3;1-2H3. The van der Waals surface area contributed by atoms with Crippen LogP contribution in [0.2, 0.25) is 5.02 Å². The molecule has 0 N–H and O–H groups in total. The number of benzene rings is 1. The van der Waals surface area contributed by atoms with Gasteiger partial charge in [0.2, 0.25) is 0 Å². The number of halogens is 1. The smallest absolute Gasteiger partial charge is 0.299 e. The third-order valence-corrected chi connectivity index (χ3v) is 3.56. The van der Waals surface area contributed by atoms with Gasteiger partial charge in [-0.1, -0.05) is 50.1 Å². The van der Waals surface area contributed by atoms with Crippen molar-refractivity contribution >= 4 is 33.2 Å². The van der Waals surface area contributed by atoms with E-state index in [0.29, 0.717) is 5.02 Å². The Morgan fingerprint density at radius 2 is 2.06 bits per heavy atom. The van der Waals surface area contributed by atoms with Crippen molar-refractivity contribution in [2.75, 3.05) is 0 Å². The Bertz CT molecular complexity index is 530. The molecule has 2 nitrogen and oxygen atoms in total. The maximum atomic E-state index is 11.7. The van der Waals surface area contributed by atoms with Crippen molar-refractivity contribution in [3.05, 3.63) is 32.9 Å². The number of aromatic nitrogens is 1. The number of hydrogen-bond acceptors (Lipinski definition) is 2. The topological polar surface area (TPSA) is 22.0 Å². The molecular weight excluding hydrogens is 254 g/mol. The van der Waals surface area contributed by atoms with Crippen LogP contribution in [0.5, 0.6) is 0 Å². The number of unbranched alkanes of at least 4 members (excludes halogenated alkanes) is 1. The lowest BCUT2D eigenvalue weighted by atomic mass is 10.3. The molecule has 0 saturated carbocycles. The van der Waals surface area contributed by atoms with Gasteiger partial charge in [0.15, 0.2) is 0 Å². The van der Waals surface area contributed by atoms with Crippen LogP contribution in [0.1, 0.15) is 33.6 Å². The zero-order chi connectivity index (χ0) is 12.8. The van der Waals surface area contributed by atoms with Crippen LogP contribution >= 0.6 is 22.9 Å². The number of hydrogen-bond donors (Lipinski definition) is 0. The Morgan fingerprint density at radius 1 is 1.35 bits per heavy atom. The average molecular weight is 272 g/mol. The van der Waals surface area contributed by atoms with E-state index < -0.39 is 0 Å². The monoisotopic (exact) mass is 271 g/mol. The normalized spacial score (nSPS) is 10.1. The van der Waals surface area contributed by atoms with Gasteiger partial charge in [-0.25, -0.2) is 0 Å². The van der Waals surface area contributed by atoms with Crippen LogP contribution in [0, 0.1) is 0 Å². The summed E-state index contributed by atoms with van der Waals surface area (Å²) in [4.78, 5) is 11.8. The highest BCUT2D eigenvalue weighted by Gasteiger charge is 2.06. The molecule has 1 aromatic carbocycles. The molecule has 94 valence electrons. The van der Waals surface area contributed by atoms with E-state index in [4.69, 9.17) is 11.6 Å². The predicted molar refractivity (Wildman–Crippen MR) is 77.4 cm³/mol. The molecule has 17 heavy (non-hydrogen) atoms. The van der Waals surface area contributed by atoms with Gasteiger partial charge in [-0.05, 0) is 24.6 Å². The summed E-state index contributed by atoms with van der Waals surface area (Å²) in [5, 5.41) is 0.686. The van der Waals surface area contributed by atoms with Gasteiger partial charge in [-0.15, -0.1) is 0 Å². The fourth-order valence-electron chi connectivity index (χ4n) is 1.56. The molecule has 0 fully saturated rings. The van der Waals surface area contributed by atoms with Crippen LogP contribution in [0.3, 0.4) is 0 Å².